The Labute approximate surface area is 446 Å². The van der Waals surface area contributed by atoms with E-state index in [2.05, 4.69) is 86.5 Å². The van der Waals surface area contributed by atoms with Crippen molar-refractivity contribution >= 4 is 49.6 Å². The molecule has 2 fully saturated rings. The Bertz CT molecular complexity index is 3040. The molecule has 0 aliphatic carbocycles. The Hall–Kier alpha value is -6.65. The van der Waals surface area contributed by atoms with Crippen molar-refractivity contribution in [1.29, 1.82) is 0 Å². The van der Waals surface area contributed by atoms with Crippen LogP contribution in [0.2, 0.25) is 51.4 Å². The van der Waals surface area contributed by atoms with Crippen LogP contribution in [0.5, 0.6) is 11.5 Å². The lowest BCUT2D eigenvalue weighted by Crippen LogP contribution is -2.43. The predicted octanol–water partition coefficient (Wildman–Crippen LogP) is 11.6. The zero-order valence-electron chi connectivity index (χ0n) is 45.2. The van der Waals surface area contributed by atoms with Crippen molar-refractivity contribution in [3.8, 4) is 56.3 Å². The van der Waals surface area contributed by atoms with Gasteiger partial charge >= 0.3 is 0 Å². The molecule has 6 aromatic heterocycles. The monoisotopic (exact) mass is 1070 g/mol. The number of piperazine rings is 1. The van der Waals surface area contributed by atoms with Gasteiger partial charge in [-0.05, 0) is 103 Å². The van der Waals surface area contributed by atoms with E-state index in [1.807, 2.05) is 70.3 Å². The molecule has 0 amide bonds. The predicted molar refractivity (Wildman–Crippen MR) is 305 cm³/mol. The first kappa shape index (κ1) is 54.2. The van der Waals surface area contributed by atoms with E-state index in [0.717, 1.165) is 107 Å². The summed E-state index contributed by atoms with van der Waals surface area (Å²) in [5.41, 5.74) is 7.43. The van der Waals surface area contributed by atoms with Crippen LogP contribution >= 0.6 is 0 Å². The fourth-order valence-corrected chi connectivity index (χ4v) is 11.1. The number of benzene rings is 2. The largest absolute Gasteiger partial charge is 0.496 e. The van der Waals surface area contributed by atoms with E-state index in [9.17, 15) is 8.78 Å². The summed E-state index contributed by atoms with van der Waals surface area (Å²) in [7, 11) is 0.672. The number of fused-ring (bicyclic) bond motifs is 2. The van der Waals surface area contributed by atoms with Gasteiger partial charge < -0.3 is 34.1 Å². The van der Waals surface area contributed by atoms with Crippen LogP contribution in [0.4, 0.5) is 20.4 Å². The van der Waals surface area contributed by atoms with Crippen LogP contribution in [0.3, 0.4) is 0 Å². The molecular formula is C57H71F2N11O4Si2. The summed E-state index contributed by atoms with van der Waals surface area (Å²) in [4.78, 5) is 21.6. The van der Waals surface area contributed by atoms with Gasteiger partial charge in [0, 0.05) is 115 Å². The number of rotatable bonds is 18. The fourth-order valence-electron chi connectivity index (χ4n) is 9.55. The standard InChI is InChI=1S/C29H36FN5O2Si.C28H35FN6O2Si/c1-36-25-11-13-32-29(30)27(25)21-8-9-24-23(18-21)28(33-35(24)20-37-16-17-38(2,3)4)22-10-12-31-26(19-22)34-14-6-5-7-15-34;1-36-24-8-10-32-28(29)26(24)20-5-6-23-22(17-20)27(33-35(23)19-37-15-16-38(2,3)4)21-7-9-31-25(18-21)34-13-11-30-12-14-34/h8-13,18-19H,5-7,14-17,20H2,1-4H3;5-10,17-18,30H,11-16,19H2,1-4H3. The number of hydrogen-bond acceptors (Lipinski definition) is 13. The van der Waals surface area contributed by atoms with Crippen molar-refractivity contribution in [1.82, 2.24) is 44.8 Å². The molecule has 2 saturated heterocycles. The Kier molecular flexibility index (Phi) is 17.2. The van der Waals surface area contributed by atoms with Gasteiger partial charge in [0.15, 0.2) is 0 Å². The first-order valence-corrected chi connectivity index (χ1v) is 33.8. The van der Waals surface area contributed by atoms with Crippen LogP contribution in [0.1, 0.15) is 19.3 Å². The second kappa shape index (κ2) is 24.1. The summed E-state index contributed by atoms with van der Waals surface area (Å²) < 4.78 is 56.6. The van der Waals surface area contributed by atoms with E-state index in [-0.39, 0.29) is 0 Å². The number of methoxy groups -OCH3 is 2. The average molecular weight is 1070 g/mol. The highest BCUT2D eigenvalue weighted by Crippen LogP contribution is 2.39. The number of halogens is 2. The smallest absolute Gasteiger partial charge is 0.224 e. The molecule has 15 nitrogen and oxygen atoms in total. The van der Waals surface area contributed by atoms with E-state index in [0.29, 0.717) is 60.4 Å². The molecule has 2 aromatic carbocycles. The third-order valence-electron chi connectivity index (χ3n) is 13.8. The minimum Gasteiger partial charge on any atom is -0.496 e. The topological polar surface area (TPSA) is 143 Å². The second-order valence-corrected chi connectivity index (χ2v) is 33.0. The molecule has 8 heterocycles. The molecular weight excluding hydrogens is 997 g/mol. The van der Waals surface area contributed by atoms with Gasteiger partial charge in [-0.3, -0.25) is 0 Å². The van der Waals surface area contributed by atoms with Crippen molar-refractivity contribution in [2.24, 2.45) is 0 Å². The Morgan fingerprint density at radius 2 is 0.947 bits per heavy atom. The maximum atomic E-state index is 14.9. The Balaban J connectivity index is 0.000000186. The number of nitrogens with zero attached hydrogens (tertiary/aromatic N) is 10. The van der Waals surface area contributed by atoms with Gasteiger partial charge in [-0.1, -0.05) is 51.4 Å². The molecule has 0 bridgehead atoms. The van der Waals surface area contributed by atoms with E-state index in [1.54, 1.807) is 12.1 Å². The minimum atomic E-state index is -1.20. The molecule has 19 heteroatoms. The first-order valence-electron chi connectivity index (χ1n) is 26.4. The molecule has 0 saturated carbocycles. The van der Waals surface area contributed by atoms with E-state index >= 15 is 0 Å². The van der Waals surface area contributed by atoms with Crippen molar-refractivity contribution in [3.05, 3.63) is 109 Å². The maximum absolute atomic E-state index is 14.9. The molecule has 1 N–H and O–H groups in total. The normalized spacial score (nSPS) is 14.3. The molecule has 2 aliphatic heterocycles. The zero-order valence-corrected chi connectivity index (χ0v) is 47.2. The number of pyridine rings is 4. The van der Waals surface area contributed by atoms with Gasteiger partial charge in [-0.2, -0.15) is 19.0 Å². The molecule has 0 atom stereocenters. The van der Waals surface area contributed by atoms with Crippen LogP contribution in [0.25, 0.3) is 66.6 Å². The van der Waals surface area contributed by atoms with Crippen LogP contribution in [0.15, 0.2) is 97.6 Å². The SMILES string of the molecule is COc1ccnc(F)c1-c1ccc2c(c1)c(-c1ccnc(N3CCCCC3)c1)nn2COCC[Si](C)(C)C.COc1ccnc(F)c1-c1ccc2c(c1)c(-c1ccnc(N3CCNCC3)c1)nn2COCC[Si](C)(C)C. The van der Waals surface area contributed by atoms with E-state index in [4.69, 9.17) is 29.1 Å². The summed E-state index contributed by atoms with van der Waals surface area (Å²) in [6.45, 7) is 21.8. The van der Waals surface area contributed by atoms with Gasteiger partial charge in [0.25, 0.3) is 0 Å². The number of nitrogens with one attached hydrogen (secondary N) is 1. The molecule has 8 aromatic rings. The number of anilines is 2. The molecule has 10 rings (SSSR count). The lowest BCUT2D eigenvalue weighted by Gasteiger charge is -2.28. The van der Waals surface area contributed by atoms with Crippen LogP contribution in [-0.4, -0.2) is 122 Å². The minimum absolute atomic E-state index is 0.332. The van der Waals surface area contributed by atoms with Crippen molar-refractivity contribution in [2.45, 2.75) is 84.1 Å². The van der Waals surface area contributed by atoms with Gasteiger partial charge in [0.05, 0.1) is 36.4 Å². The number of ether oxygens (including phenoxy) is 4. The van der Waals surface area contributed by atoms with Crippen molar-refractivity contribution in [2.75, 3.05) is 76.5 Å². The van der Waals surface area contributed by atoms with Crippen LogP contribution in [-0.2, 0) is 22.9 Å². The van der Waals surface area contributed by atoms with Gasteiger partial charge in [-0.25, -0.2) is 29.3 Å². The Morgan fingerprint density at radius 3 is 1.38 bits per heavy atom. The zero-order chi connectivity index (χ0) is 53.4. The van der Waals surface area contributed by atoms with Crippen molar-refractivity contribution < 1.29 is 27.7 Å². The quantitative estimate of drug-likeness (QED) is 0.0495. The van der Waals surface area contributed by atoms with Gasteiger partial charge in [-0.15, -0.1) is 0 Å². The summed E-state index contributed by atoms with van der Waals surface area (Å²) in [5, 5.41) is 15.2. The third-order valence-corrected chi connectivity index (χ3v) is 17.2. The lowest BCUT2D eigenvalue weighted by atomic mass is 10.0. The second-order valence-electron chi connectivity index (χ2n) is 21.8. The number of piperidine rings is 1. The Morgan fingerprint density at radius 1 is 0.513 bits per heavy atom. The van der Waals surface area contributed by atoms with E-state index in [1.165, 1.54) is 45.9 Å². The summed E-state index contributed by atoms with van der Waals surface area (Å²) >= 11 is 0. The molecule has 400 valence electrons. The van der Waals surface area contributed by atoms with Crippen LogP contribution in [0, 0.1) is 11.9 Å². The fraction of sp³-hybridized carbons (Fsp3) is 0.404. The highest BCUT2D eigenvalue weighted by atomic mass is 28.3. The molecule has 76 heavy (non-hydrogen) atoms. The van der Waals surface area contributed by atoms with Crippen LogP contribution < -0.4 is 24.6 Å². The number of aromatic nitrogens is 8. The molecule has 2 aliphatic rings. The van der Waals surface area contributed by atoms with Gasteiger partial charge in [0.1, 0.15) is 48.0 Å². The highest BCUT2D eigenvalue weighted by Gasteiger charge is 2.23. The summed E-state index contributed by atoms with van der Waals surface area (Å²) in [5.74, 6) is 1.63. The van der Waals surface area contributed by atoms with Gasteiger partial charge in [0.2, 0.25) is 11.9 Å². The molecule has 0 unspecified atom stereocenters. The molecule has 0 radical (unpaired) electrons. The van der Waals surface area contributed by atoms with Crippen molar-refractivity contribution in [3.63, 3.8) is 0 Å². The lowest BCUT2D eigenvalue weighted by molar-refractivity contribution is 0.0818. The molecule has 0 spiro atoms. The first-order chi connectivity index (χ1) is 36.7. The number of hydrogen-bond donors (Lipinski definition) is 1. The summed E-state index contributed by atoms with van der Waals surface area (Å²) in [6.07, 6.45) is 10.1. The maximum Gasteiger partial charge on any atom is 0.224 e. The van der Waals surface area contributed by atoms with E-state index < -0.39 is 28.0 Å². The summed E-state index contributed by atoms with van der Waals surface area (Å²) in [6, 6.07) is 25.3. The third kappa shape index (κ3) is 12.9. The highest BCUT2D eigenvalue weighted by molar-refractivity contribution is 6.76. The average Bonchev–Trinajstić information content (AvgIpc) is 4.05.